The molecule has 1 amide bonds. The normalized spacial score (nSPS) is 18.7. The van der Waals surface area contributed by atoms with E-state index in [-0.39, 0.29) is 12.0 Å². The first kappa shape index (κ1) is 11.6. The lowest BCUT2D eigenvalue weighted by molar-refractivity contribution is -0.127. The number of rotatable bonds is 2. The maximum Gasteiger partial charge on any atom is 0.257 e. The summed E-state index contributed by atoms with van der Waals surface area (Å²) in [5.41, 5.74) is 0.478. The second-order valence-corrected chi connectivity index (χ2v) is 3.92. The summed E-state index contributed by atoms with van der Waals surface area (Å²) in [7, 11) is 1.67. The predicted octanol–water partition coefficient (Wildman–Crippen LogP) is 1.10. The molecular formula is C12H13N3O2. The van der Waals surface area contributed by atoms with E-state index in [0.29, 0.717) is 18.0 Å². The number of hydrogen-bond acceptors (Lipinski definition) is 4. The van der Waals surface area contributed by atoms with Crippen molar-refractivity contribution in [2.24, 2.45) is 0 Å². The molecule has 2 heterocycles. The molecule has 1 atom stereocenters. The summed E-state index contributed by atoms with van der Waals surface area (Å²) in [5.74, 6) is 0.448. The molecular weight excluding hydrogens is 218 g/mol. The summed E-state index contributed by atoms with van der Waals surface area (Å²) in [6.07, 6.45) is 2.79. The van der Waals surface area contributed by atoms with E-state index in [1.165, 1.54) is 11.1 Å². The number of ether oxygens (including phenoxy) is 1. The maximum absolute atomic E-state index is 12.0. The monoisotopic (exact) mass is 231 g/mol. The minimum absolute atomic E-state index is 0.0836. The van der Waals surface area contributed by atoms with Gasteiger partial charge in [0.1, 0.15) is 18.0 Å². The fourth-order valence-corrected chi connectivity index (χ4v) is 1.75. The van der Waals surface area contributed by atoms with Gasteiger partial charge in [-0.15, -0.1) is 0 Å². The lowest BCUT2D eigenvalue weighted by atomic mass is 10.2. The summed E-state index contributed by atoms with van der Waals surface area (Å²) in [6.45, 7) is 0.644. The molecule has 88 valence electrons. The molecule has 5 heteroatoms. The number of anilines is 1. The number of hydrogen-bond donors (Lipinski definition) is 0. The maximum atomic E-state index is 12.0. The van der Waals surface area contributed by atoms with Crippen molar-refractivity contribution in [3.05, 3.63) is 23.9 Å². The molecule has 0 aromatic carbocycles. The second-order valence-electron chi connectivity index (χ2n) is 3.92. The first-order chi connectivity index (χ1) is 8.22. The zero-order chi connectivity index (χ0) is 12.3. The van der Waals surface area contributed by atoms with E-state index in [2.05, 4.69) is 4.98 Å². The molecule has 0 radical (unpaired) electrons. The Labute approximate surface area is 99.6 Å². The third kappa shape index (κ3) is 2.43. The molecule has 0 aliphatic carbocycles. The topological polar surface area (TPSA) is 66.2 Å². The minimum Gasteiger partial charge on any atom is -0.368 e. The standard InChI is InChI=1S/C12H13N3O2/c1-15(12(16)10-3-2-6-17-10)11-5-4-9(7-13)8-14-11/h4-5,8,10H,2-3,6H2,1H3. The number of nitriles is 1. The van der Waals surface area contributed by atoms with Crippen LogP contribution >= 0.6 is 0 Å². The molecule has 1 aliphatic heterocycles. The van der Waals surface area contributed by atoms with Crippen molar-refractivity contribution in [1.29, 1.82) is 5.26 Å². The Morgan fingerprint density at radius 3 is 3.00 bits per heavy atom. The molecule has 1 aromatic heterocycles. The third-order valence-corrected chi connectivity index (χ3v) is 2.76. The van der Waals surface area contributed by atoms with Crippen molar-refractivity contribution >= 4 is 11.7 Å². The van der Waals surface area contributed by atoms with Crippen LogP contribution in [-0.4, -0.2) is 30.6 Å². The van der Waals surface area contributed by atoms with Gasteiger partial charge in [-0.25, -0.2) is 4.98 Å². The van der Waals surface area contributed by atoms with Crippen LogP contribution in [0.15, 0.2) is 18.3 Å². The van der Waals surface area contributed by atoms with Crippen LogP contribution in [0.25, 0.3) is 0 Å². The number of amides is 1. The summed E-state index contributed by atoms with van der Waals surface area (Å²) in [4.78, 5) is 17.5. The second kappa shape index (κ2) is 4.93. The van der Waals surface area contributed by atoms with E-state index >= 15 is 0 Å². The van der Waals surface area contributed by atoms with E-state index in [9.17, 15) is 4.79 Å². The Balaban J connectivity index is 2.10. The molecule has 0 saturated carbocycles. The molecule has 17 heavy (non-hydrogen) atoms. The van der Waals surface area contributed by atoms with Crippen LogP contribution in [0.4, 0.5) is 5.82 Å². The van der Waals surface area contributed by atoms with E-state index in [1.54, 1.807) is 19.2 Å². The average molecular weight is 231 g/mol. The third-order valence-electron chi connectivity index (χ3n) is 2.76. The van der Waals surface area contributed by atoms with Crippen LogP contribution in [0.3, 0.4) is 0 Å². The molecule has 2 rings (SSSR count). The average Bonchev–Trinajstić information content (AvgIpc) is 2.91. The molecule has 5 nitrogen and oxygen atoms in total. The van der Waals surface area contributed by atoms with Gasteiger partial charge in [0.25, 0.3) is 5.91 Å². The fraction of sp³-hybridized carbons (Fsp3) is 0.417. The molecule has 1 aliphatic rings. The molecule has 1 saturated heterocycles. The summed E-state index contributed by atoms with van der Waals surface area (Å²) in [6, 6.07) is 5.29. The van der Waals surface area contributed by atoms with Crippen LogP contribution in [0, 0.1) is 11.3 Å². The first-order valence-electron chi connectivity index (χ1n) is 5.47. The zero-order valence-electron chi connectivity index (χ0n) is 9.59. The van der Waals surface area contributed by atoms with Gasteiger partial charge in [-0.05, 0) is 25.0 Å². The van der Waals surface area contributed by atoms with Crippen LogP contribution in [0.2, 0.25) is 0 Å². The van der Waals surface area contributed by atoms with Gasteiger partial charge in [-0.1, -0.05) is 0 Å². The number of carbonyl (C=O) groups is 1. The quantitative estimate of drug-likeness (QED) is 0.764. The number of pyridine rings is 1. The summed E-state index contributed by atoms with van der Waals surface area (Å²) >= 11 is 0. The Hall–Kier alpha value is -1.93. The molecule has 0 bridgehead atoms. The lowest BCUT2D eigenvalue weighted by Gasteiger charge is -2.19. The Kier molecular flexibility index (Phi) is 3.35. The fourth-order valence-electron chi connectivity index (χ4n) is 1.75. The number of nitrogens with zero attached hydrogens (tertiary/aromatic N) is 3. The highest BCUT2D eigenvalue weighted by molar-refractivity contribution is 5.95. The van der Waals surface area contributed by atoms with Crippen molar-refractivity contribution in [2.45, 2.75) is 18.9 Å². The summed E-state index contributed by atoms with van der Waals surface area (Å²) < 4.78 is 5.33. The highest BCUT2D eigenvalue weighted by atomic mass is 16.5. The molecule has 1 aromatic rings. The number of carbonyl (C=O) groups excluding carboxylic acids is 1. The Bertz CT molecular complexity index is 444. The zero-order valence-corrected chi connectivity index (χ0v) is 9.59. The molecule has 1 fully saturated rings. The van der Waals surface area contributed by atoms with Crippen molar-refractivity contribution < 1.29 is 9.53 Å². The van der Waals surface area contributed by atoms with Gasteiger partial charge in [-0.2, -0.15) is 5.26 Å². The van der Waals surface area contributed by atoms with Gasteiger partial charge < -0.3 is 4.74 Å². The van der Waals surface area contributed by atoms with Crippen molar-refractivity contribution in [3.63, 3.8) is 0 Å². The molecule has 0 spiro atoms. The van der Waals surface area contributed by atoms with E-state index < -0.39 is 0 Å². The van der Waals surface area contributed by atoms with Gasteiger partial charge in [0.2, 0.25) is 0 Å². The number of likely N-dealkylation sites (N-methyl/N-ethyl adjacent to an activating group) is 1. The van der Waals surface area contributed by atoms with Crippen LogP contribution in [-0.2, 0) is 9.53 Å². The first-order valence-corrected chi connectivity index (χ1v) is 5.47. The smallest absolute Gasteiger partial charge is 0.257 e. The SMILES string of the molecule is CN(C(=O)C1CCCO1)c1ccc(C#N)cn1. The van der Waals surface area contributed by atoms with Gasteiger partial charge in [-0.3, -0.25) is 9.69 Å². The largest absolute Gasteiger partial charge is 0.368 e. The van der Waals surface area contributed by atoms with E-state index in [4.69, 9.17) is 10.00 Å². The minimum atomic E-state index is -0.350. The van der Waals surface area contributed by atoms with Gasteiger partial charge in [0.15, 0.2) is 0 Å². The van der Waals surface area contributed by atoms with E-state index in [0.717, 1.165) is 12.8 Å². The van der Waals surface area contributed by atoms with E-state index in [1.807, 2.05) is 6.07 Å². The summed E-state index contributed by atoms with van der Waals surface area (Å²) in [5, 5.41) is 8.66. The highest BCUT2D eigenvalue weighted by Gasteiger charge is 2.27. The molecule has 1 unspecified atom stereocenters. The number of aromatic nitrogens is 1. The van der Waals surface area contributed by atoms with Crippen LogP contribution in [0.1, 0.15) is 18.4 Å². The lowest BCUT2D eigenvalue weighted by Crippen LogP contribution is -2.36. The van der Waals surface area contributed by atoms with Crippen LogP contribution in [0.5, 0.6) is 0 Å². The van der Waals surface area contributed by atoms with Crippen LogP contribution < -0.4 is 4.90 Å². The van der Waals surface area contributed by atoms with Crippen molar-refractivity contribution in [3.8, 4) is 6.07 Å². The molecule has 0 N–H and O–H groups in total. The Morgan fingerprint density at radius 1 is 1.65 bits per heavy atom. The van der Waals surface area contributed by atoms with Gasteiger partial charge in [0.05, 0.1) is 5.56 Å². The van der Waals surface area contributed by atoms with Crippen molar-refractivity contribution in [1.82, 2.24) is 4.98 Å². The van der Waals surface area contributed by atoms with Gasteiger partial charge in [0, 0.05) is 19.9 Å². The highest BCUT2D eigenvalue weighted by Crippen LogP contribution is 2.17. The Morgan fingerprint density at radius 2 is 2.47 bits per heavy atom. The predicted molar refractivity (Wildman–Crippen MR) is 61.3 cm³/mol. The van der Waals surface area contributed by atoms with Crippen molar-refractivity contribution in [2.75, 3.05) is 18.6 Å². The van der Waals surface area contributed by atoms with Gasteiger partial charge >= 0.3 is 0 Å².